The van der Waals surface area contributed by atoms with E-state index in [4.69, 9.17) is 0 Å². The van der Waals surface area contributed by atoms with E-state index in [1.54, 1.807) is 24.4 Å². The summed E-state index contributed by atoms with van der Waals surface area (Å²) in [6.07, 6.45) is 5.66. The number of rotatable bonds is 10. The first kappa shape index (κ1) is 20.2. The number of unbranched alkanes of at least 4 members (excludes halogenated alkanes) is 3. The SMILES string of the molecule is O=C(CCCCCCC(=O)Nc1ccccc1O)NN=Cc1ccccc1. The van der Waals surface area contributed by atoms with Gasteiger partial charge in [0.15, 0.2) is 0 Å². The molecule has 6 heteroatoms. The summed E-state index contributed by atoms with van der Waals surface area (Å²) in [5.74, 6) is -0.171. The smallest absolute Gasteiger partial charge is 0.240 e. The third-order valence-corrected chi connectivity index (χ3v) is 3.94. The lowest BCUT2D eigenvalue weighted by atomic mass is 10.1. The van der Waals surface area contributed by atoms with Gasteiger partial charge in [-0.25, -0.2) is 5.43 Å². The van der Waals surface area contributed by atoms with E-state index in [-0.39, 0.29) is 17.6 Å². The van der Waals surface area contributed by atoms with Gasteiger partial charge in [-0.3, -0.25) is 9.59 Å². The second-order valence-electron chi connectivity index (χ2n) is 6.18. The second-order valence-corrected chi connectivity index (χ2v) is 6.18. The zero-order chi connectivity index (χ0) is 19.3. The van der Waals surface area contributed by atoms with Crippen LogP contribution in [0.4, 0.5) is 5.69 Å². The van der Waals surface area contributed by atoms with Gasteiger partial charge in [-0.15, -0.1) is 0 Å². The molecule has 0 aliphatic carbocycles. The molecule has 0 fully saturated rings. The van der Waals surface area contributed by atoms with Crippen molar-refractivity contribution in [3.8, 4) is 5.75 Å². The largest absolute Gasteiger partial charge is 0.506 e. The number of phenolic OH excluding ortho intramolecular Hbond substituents is 1. The van der Waals surface area contributed by atoms with E-state index in [0.717, 1.165) is 31.2 Å². The summed E-state index contributed by atoms with van der Waals surface area (Å²) < 4.78 is 0. The lowest BCUT2D eigenvalue weighted by Gasteiger charge is -2.06. The average Bonchev–Trinajstić information content (AvgIpc) is 2.67. The predicted octanol–water partition coefficient (Wildman–Crippen LogP) is 3.82. The van der Waals surface area contributed by atoms with Gasteiger partial charge >= 0.3 is 0 Å². The van der Waals surface area contributed by atoms with Gasteiger partial charge in [-0.1, -0.05) is 55.3 Å². The summed E-state index contributed by atoms with van der Waals surface area (Å²) in [6, 6.07) is 16.2. The minimum absolute atomic E-state index is 0.0618. The van der Waals surface area contributed by atoms with E-state index in [2.05, 4.69) is 15.8 Å². The molecule has 0 aliphatic heterocycles. The van der Waals surface area contributed by atoms with Gasteiger partial charge in [-0.2, -0.15) is 5.10 Å². The standard InChI is InChI=1S/C21H25N3O3/c25-19-13-9-8-12-18(19)23-20(26)14-6-1-2-7-15-21(27)24-22-16-17-10-4-3-5-11-17/h3-5,8-13,16,25H,1-2,6-7,14-15H2,(H,23,26)(H,24,27). The Morgan fingerprint density at radius 1 is 0.852 bits per heavy atom. The Kier molecular flexibility index (Phi) is 8.56. The van der Waals surface area contributed by atoms with Crippen LogP contribution in [0, 0.1) is 0 Å². The summed E-state index contributed by atoms with van der Waals surface area (Å²) in [5.41, 5.74) is 3.87. The Hall–Kier alpha value is -3.15. The topological polar surface area (TPSA) is 90.8 Å². The molecule has 142 valence electrons. The van der Waals surface area contributed by atoms with Gasteiger partial charge in [0.25, 0.3) is 0 Å². The van der Waals surface area contributed by atoms with Crippen molar-refractivity contribution in [1.82, 2.24) is 5.43 Å². The van der Waals surface area contributed by atoms with E-state index < -0.39 is 0 Å². The molecule has 2 amide bonds. The summed E-state index contributed by atoms with van der Waals surface area (Å²) in [4.78, 5) is 23.5. The number of anilines is 1. The van der Waals surface area contributed by atoms with Crippen LogP contribution in [0.1, 0.15) is 44.1 Å². The monoisotopic (exact) mass is 367 g/mol. The normalized spacial score (nSPS) is 10.7. The van der Waals surface area contributed by atoms with Crippen molar-refractivity contribution in [2.45, 2.75) is 38.5 Å². The number of amides is 2. The molecule has 2 aromatic carbocycles. The number of hydrazone groups is 1. The van der Waals surface area contributed by atoms with E-state index in [1.807, 2.05) is 30.3 Å². The van der Waals surface area contributed by atoms with Crippen LogP contribution in [0.2, 0.25) is 0 Å². The van der Waals surface area contributed by atoms with E-state index >= 15 is 0 Å². The quantitative estimate of drug-likeness (QED) is 0.258. The van der Waals surface area contributed by atoms with Gasteiger partial charge in [0.2, 0.25) is 11.8 Å². The minimum atomic E-state index is -0.121. The highest BCUT2D eigenvalue weighted by atomic mass is 16.3. The van der Waals surface area contributed by atoms with Crippen LogP contribution in [0.5, 0.6) is 5.75 Å². The minimum Gasteiger partial charge on any atom is -0.506 e. The fourth-order valence-corrected chi connectivity index (χ4v) is 2.49. The van der Waals surface area contributed by atoms with Crippen LogP contribution in [-0.4, -0.2) is 23.1 Å². The van der Waals surface area contributed by atoms with Crippen LogP contribution in [0.25, 0.3) is 0 Å². The lowest BCUT2D eigenvalue weighted by Crippen LogP contribution is -2.16. The number of para-hydroxylation sites is 2. The van der Waals surface area contributed by atoms with E-state index in [0.29, 0.717) is 18.5 Å². The highest BCUT2D eigenvalue weighted by molar-refractivity contribution is 5.92. The van der Waals surface area contributed by atoms with Crippen molar-refractivity contribution in [3.05, 3.63) is 60.2 Å². The molecule has 6 nitrogen and oxygen atoms in total. The molecule has 2 aromatic rings. The van der Waals surface area contributed by atoms with Gasteiger partial charge in [0, 0.05) is 12.8 Å². The summed E-state index contributed by atoms with van der Waals surface area (Å²) in [7, 11) is 0. The lowest BCUT2D eigenvalue weighted by molar-refractivity contribution is -0.121. The number of nitrogens with one attached hydrogen (secondary N) is 2. The highest BCUT2D eigenvalue weighted by Gasteiger charge is 2.05. The first-order chi connectivity index (χ1) is 13.1. The maximum atomic E-state index is 11.8. The van der Waals surface area contributed by atoms with Gasteiger partial charge in [-0.05, 0) is 30.5 Å². The number of hydrogen-bond acceptors (Lipinski definition) is 4. The maximum absolute atomic E-state index is 11.8. The second kappa shape index (κ2) is 11.5. The molecule has 0 radical (unpaired) electrons. The third-order valence-electron chi connectivity index (χ3n) is 3.94. The number of benzene rings is 2. The Balaban J connectivity index is 1.51. The van der Waals surface area contributed by atoms with Crippen molar-refractivity contribution in [3.63, 3.8) is 0 Å². The highest BCUT2D eigenvalue weighted by Crippen LogP contribution is 2.21. The van der Waals surface area contributed by atoms with Gasteiger partial charge in [0.1, 0.15) is 5.75 Å². The molecule has 2 rings (SSSR count). The fraction of sp³-hybridized carbons (Fsp3) is 0.286. The summed E-state index contributed by atoms with van der Waals surface area (Å²) in [6.45, 7) is 0. The van der Waals surface area contributed by atoms with Gasteiger partial charge < -0.3 is 10.4 Å². The maximum Gasteiger partial charge on any atom is 0.240 e. The zero-order valence-corrected chi connectivity index (χ0v) is 15.2. The number of nitrogens with zero attached hydrogens (tertiary/aromatic N) is 1. The van der Waals surface area contributed by atoms with Gasteiger partial charge in [0.05, 0.1) is 11.9 Å². The predicted molar refractivity (Wildman–Crippen MR) is 107 cm³/mol. The number of hydrogen-bond donors (Lipinski definition) is 3. The Bertz CT molecular complexity index is 760. The first-order valence-corrected chi connectivity index (χ1v) is 9.10. The molecule has 0 unspecified atom stereocenters. The molecule has 27 heavy (non-hydrogen) atoms. The van der Waals surface area contributed by atoms with Crippen LogP contribution in [-0.2, 0) is 9.59 Å². The van der Waals surface area contributed by atoms with Crippen molar-refractivity contribution >= 4 is 23.7 Å². The molecular weight excluding hydrogens is 342 g/mol. The third kappa shape index (κ3) is 8.18. The Morgan fingerprint density at radius 2 is 1.48 bits per heavy atom. The van der Waals surface area contributed by atoms with Crippen molar-refractivity contribution < 1.29 is 14.7 Å². The van der Waals surface area contributed by atoms with E-state index in [9.17, 15) is 14.7 Å². The Morgan fingerprint density at radius 3 is 2.19 bits per heavy atom. The molecule has 0 heterocycles. The molecule has 0 saturated carbocycles. The molecule has 0 aliphatic rings. The van der Waals surface area contributed by atoms with Crippen molar-refractivity contribution in [2.75, 3.05) is 5.32 Å². The summed E-state index contributed by atoms with van der Waals surface area (Å²) >= 11 is 0. The number of carbonyl (C=O) groups excluding carboxylic acids is 2. The number of carbonyl (C=O) groups is 2. The molecule has 0 spiro atoms. The van der Waals surface area contributed by atoms with Crippen molar-refractivity contribution in [2.24, 2.45) is 5.10 Å². The van der Waals surface area contributed by atoms with Crippen molar-refractivity contribution in [1.29, 1.82) is 0 Å². The van der Waals surface area contributed by atoms with Crippen LogP contribution in [0.15, 0.2) is 59.7 Å². The molecule has 0 bridgehead atoms. The first-order valence-electron chi connectivity index (χ1n) is 9.10. The molecule has 3 N–H and O–H groups in total. The fourth-order valence-electron chi connectivity index (χ4n) is 2.49. The van der Waals surface area contributed by atoms with Crippen LogP contribution in [0.3, 0.4) is 0 Å². The zero-order valence-electron chi connectivity index (χ0n) is 15.2. The molecule has 0 saturated heterocycles. The summed E-state index contributed by atoms with van der Waals surface area (Å²) in [5, 5.41) is 16.2. The molecule has 0 aromatic heterocycles. The van der Waals surface area contributed by atoms with E-state index in [1.165, 1.54) is 6.07 Å². The van der Waals surface area contributed by atoms with Crippen LogP contribution >= 0.6 is 0 Å². The number of phenols is 1. The Labute approximate surface area is 159 Å². The molecule has 0 atom stereocenters. The average molecular weight is 367 g/mol. The van der Waals surface area contributed by atoms with Crippen LogP contribution < -0.4 is 10.7 Å². The number of aromatic hydroxyl groups is 1. The molecular formula is C21H25N3O3.